The number of nitro benzene ring substituents is 2. The van der Waals surface area contributed by atoms with Crippen LogP contribution in [0.2, 0.25) is 0 Å². The highest BCUT2D eigenvalue weighted by atomic mass is 16.6. The zero-order chi connectivity index (χ0) is 22.7. The molecule has 0 aliphatic carbocycles. The molecule has 4 aromatic rings. The number of fused-ring (bicyclic) bond motifs is 1. The van der Waals surface area contributed by atoms with E-state index in [1.807, 2.05) is 36.5 Å². The third-order valence-corrected chi connectivity index (χ3v) is 5.03. The Hall–Kier alpha value is -4.53. The molecule has 1 N–H and O–H groups in total. The fraction of sp³-hybridized carbons (Fsp3) is 0.0870. The van der Waals surface area contributed by atoms with Gasteiger partial charge in [0.2, 0.25) is 0 Å². The summed E-state index contributed by atoms with van der Waals surface area (Å²) in [6.45, 7) is 2.75. The van der Waals surface area contributed by atoms with Gasteiger partial charge in [0.1, 0.15) is 5.69 Å². The van der Waals surface area contributed by atoms with Gasteiger partial charge in [-0.15, -0.1) is 0 Å². The van der Waals surface area contributed by atoms with Crippen molar-refractivity contribution in [1.82, 2.24) is 4.57 Å². The Kier molecular flexibility index (Phi) is 5.63. The molecule has 0 radical (unpaired) electrons. The van der Waals surface area contributed by atoms with Gasteiger partial charge in [0.15, 0.2) is 0 Å². The van der Waals surface area contributed by atoms with Crippen LogP contribution in [0.25, 0.3) is 10.9 Å². The van der Waals surface area contributed by atoms with Gasteiger partial charge in [0.05, 0.1) is 22.1 Å². The van der Waals surface area contributed by atoms with Gasteiger partial charge < -0.3 is 4.57 Å². The molecule has 0 spiro atoms. The highest BCUT2D eigenvalue weighted by Crippen LogP contribution is 2.29. The number of para-hydroxylation sites is 1. The normalized spacial score (nSPS) is 11.2. The quantitative estimate of drug-likeness (QED) is 0.244. The largest absolute Gasteiger partial charge is 0.342 e. The molecule has 1 heterocycles. The van der Waals surface area contributed by atoms with Gasteiger partial charge in [-0.1, -0.05) is 48.0 Å². The van der Waals surface area contributed by atoms with Crippen molar-refractivity contribution in [3.05, 3.63) is 110 Å². The van der Waals surface area contributed by atoms with Crippen molar-refractivity contribution >= 4 is 34.2 Å². The van der Waals surface area contributed by atoms with Gasteiger partial charge in [0.25, 0.3) is 5.69 Å². The Balaban J connectivity index is 1.62. The first-order chi connectivity index (χ1) is 15.4. The molecule has 0 bridgehead atoms. The van der Waals surface area contributed by atoms with E-state index >= 15 is 0 Å². The number of aryl methyl sites for hydroxylation is 1. The maximum atomic E-state index is 11.3. The lowest BCUT2D eigenvalue weighted by Crippen LogP contribution is -1.99. The number of nitrogens with zero attached hydrogens (tertiary/aromatic N) is 4. The van der Waals surface area contributed by atoms with Crippen LogP contribution in [0.5, 0.6) is 0 Å². The first kappa shape index (κ1) is 20.7. The van der Waals surface area contributed by atoms with Crippen molar-refractivity contribution in [3.8, 4) is 0 Å². The Morgan fingerprint density at radius 1 is 1.00 bits per heavy atom. The van der Waals surface area contributed by atoms with E-state index in [9.17, 15) is 20.2 Å². The topological polar surface area (TPSA) is 116 Å². The van der Waals surface area contributed by atoms with Crippen LogP contribution in [0.15, 0.2) is 78.0 Å². The molecule has 0 saturated heterocycles. The maximum absolute atomic E-state index is 11.3. The third-order valence-electron chi connectivity index (χ3n) is 5.03. The predicted octanol–water partition coefficient (Wildman–Crippen LogP) is 5.26. The first-order valence-electron chi connectivity index (χ1n) is 9.78. The SMILES string of the molecule is Cc1cccc(Cn2cc(/C=N\Nc3ccc([N+](=O)[O-])cc3[N+](=O)[O-])c3ccccc32)c1. The highest BCUT2D eigenvalue weighted by molar-refractivity contribution is 5.99. The van der Waals surface area contributed by atoms with E-state index in [1.54, 1.807) is 6.21 Å². The van der Waals surface area contributed by atoms with Crippen LogP contribution in [0.4, 0.5) is 17.1 Å². The van der Waals surface area contributed by atoms with E-state index in [1.165, 1.54) is 23.3 Å². The van der Waals surface area contributed by atoms with Gasteiger partial charge in [-0.3, -0.25) is 25.7 Å². The minimum Gasteiger partial charge on any atom is -0.342 e. The Morgan fingerprint density at radius 3 is 2.56 bits per heavy atom. The Bertz CT molecular complexity index is 1360. The van der Waals surface area contributed by atoms with E-state index < -0.39 is 15.5 Å². The first-order valence-corrected chi connectivity index (χ1v) is 9.78. The second kappa shape index (κ2) is 8.68. The number of hydrogen-bond donors (Lipinski definition) is 1. The van der Waals surface area contributed by atoms with Crippen LogP contribution in [-0.2, 0) is 6.54 Å². The van der Waals surface area contributed by atoms with Gasteiger partial charge in [-0.05, 0) is 24.6 Å². The number of aromatic nitrogens is 1. The molecule has 32 heavy (non-hydrogen) atoms. The van der Waals surface area contributed by atoms with E-state index in [4.69, 9.17) is 0 Å². The van der Waals surface area contributed by atoms with Crippen molar-refractivity contribution in [2.75, 3.05) is 5.43 Å². The maximum Gasteiger partial charge on any atom is 0.301 e. The third kappa shape index (κ3) is 4.31. The van der Waals surface area contributed by atoms with E-state index in [0.29, 0.717) is 6.54 Å². The number of anilines is 1. The number of rotatable bonds is 7. The minimum absolute atomic E-state index is 0.0698. The van der Waals surface area contributed by atoms with Crippen molar-refractivity contribution in [1.29, 1.82) is 0 Å². The van der Waals surface area contributed by atoms with Gasteiger partial charge in [0, 0.05) is 35.3 Å². The highest BCUT2D eigenvalue weighted by Gasteiger charge is 2.19. The van der Waals surface area contributed by atoms with Crippen LogP contribution in [-0.4, -0.2) is 20.6 Å². The van der Waals surface area contributed by atoms with E-state index in [0.717, 1.165) is 22.5 Å². The standard InChI is InChI=1S/C23H19N5O4/c1-16-5-4-6-17(11-16)14-26-15-18(20-7-2-3-8-22(20)26)13-24-25-21-10-9-19(27(29)30)12-23(21)28(31)32/h2-13,15,25H,14H2,1H3/b24-13-. The number of hydrazone groups is 1. The second-order valence-corrected chi connectivity index (χ2v) is 7.30. The summed E-state index contributed by atoms with van der Waals surface area (Å²) >= 11 is 0. The number of nitrogens with one attached hydrogen (secondary N) is 1. The molecular formula is C23H19N5O4. The molecule has 0 aliphatic heterocycles. The van der Waals surface area contributed by atoms with Crippen molar-refractivity contribution in [2.24, 2.45) is 5.10 Å². The Morgan fingerprint density at radius 2 is 1.81 bits per heavy atom. The lowest BCUT2D eigenvalue weighted by molar-refractivity contribution is -0.393. The van der Waals surface area contributed by atoms with Crippen LogP contribution < -0.4 is 5.43 Å². The average molecular weight is 429 g/mol. The average Bonchev–Trinajstić information content (AvgIpc) is 3.11. The summed E-state index contributed by atoms with van der Waals surface area (Å²) in [5.41, 5.74) is 6.17. The lowest BCUT2D eigenvalue weighted by Gasteiger charge is -2.06. The zero-order valence-electron chi connectivity index (χ0n) is 17.1. The van der Waals surface area contributed by atoms with Crippen LogP contribution in [0, 0.1) is 27.2 Å². The van der Waals surface area contributed by atoms with Crippen molar-refractivity contribution < 1.29 is 9.85 Å². The summed E-state index contributed by atoms with van der Waals surface area (Å²) < 4.78 is 2.12. The van der Waals surface area contributed by atoms with Crippen LogP contribution in [0.3, 0.4) is 0 Å². The second-order valence-electron chi connectivity index (χ2n) is 7.30. The molecule has 0 aliphatic rings. The summed E-state index contributed by atoms with van der Waals surface area (Å²) in [5, 5.41) is 27.3. The molecule has 0 amide bonds. The lowest BCUT2D eigenvalue weighted by atomic mass is 10.1. The summed E-state index contributed by atoms with van der Waals surface area (Å²) in [7, 11) is 0. The summed E-state index contributed by atoms with van der Waals surface area (Å²) in [6.07, 6.45) is 3.56. The summed E-state index contributed by atoms with van der Waals surface area (Å²) in [4.78, 5) is 20.8. The fourth-order valence-corrected chi connectivity index (χ4v) is 3.57. The molecule has 3 aromatic carbocycles. The van der Waals surface area contributed by atoms with Gasteiger partial charge in [-0.25, -0.2) is 0 Å². The van der Waals surface area contributed by atoms with Crippen LogP contribution >= 0.6 is 0 Å². The van der Waals surface area contributed by atoms with Crippen molar-refractivity contribution in [2.45, 2.75) is 13.5 Å². The number of hydrogen-bond acceptors (Lipinski definition) is 6. The molecule has 0 atom stereocenters. The monoisotopic (exact) mass is 429 g/mol. The number of nitro groups is 2. The van der Waals surface area contributed by atoms with Crippen LogP contribution in [0.1, 0.15) is 16.7 Å². The minimum atomic E-state index is -0.682. The molecule has 9 nitrogen and oxygen atoms in total. The number of non-ortho nitro benzene ring substituents is 1. The smallest absolute Gasteiger partial charge is 0.301 e. The predicted molar refractivity (Wildman–Crippen MR) is 123 cm³/mol. The van der Waals surface area contributed by atoms with Crippen molar-refractivity contribution in [3.63, 3.8) is 0 Å². The fourth-order valence-electron chi connectivity index (χ4n) is 3.57. The molecule has 4 rings (SSSR count). The Labute approximate surface area is 182 Å². The molecule has 0 saturated carbocycles. The van der Waals surface area contributed by atoms with E-state index in [-0.39, 0.29) is 11.4 Å². The molecule has 0 unspecified atom stereocenters. The molecule has 160 valence electrons. The van der Waals surface area contributed by atoms with E-state index in [2.05, 4.69) is 40.2 Å². The summed E-state index contributed by atoms with van der Waals surface area (Å²) in [5.74, 6) is 0. The van der Waals surface area contributed by atoms with Gasteiger partial charge >= 0.3 is 5.69 Å². The summed E-state index contributed by atoms with van der Waals surface area (Å²) in [6, 6.07) is 19.6. The zero-order valence-corrected chi connectivity index (χ0v) is 17.1. The molecular weight excluding hydrogens is 410 g/mol. The molecule has 1 aromatic heterocycles. The van der Waals surface area contributed by atoms with Gasteiger partial charge in [-0.2, -0.15) is 5.10 Å². The molecule has 0 fully saturated rings. The number of benzene rings is 3. The molecule has 9 heteroatoms.